The van der Waals surface area contributed by atoms with Gasteiger partial charge in [-0.05, 0) is 19.0 Å². The minimum atomic E-state index is -3.66. The first-order valence-electron chi connectivity index (χ1n) is 4.91. The second kappa shape index (κ2) is 5.72. The lowest BCUT2D eigenvalue weighted by Crippen LogP contribution is -2.36. The van der Waals surface area contributed by atoms with E-state index in [1.54, 1.807) is 0 Å². The van der Waals surface area contributed by atoms with Crippen LogP contribution in [-0.4, -0.2) is 32.5 Å². The molecule has 1 aliphatic rings. The van der Waals surface area contributed by atoms with Gasteiger partial charge in [0.2, 0.25) is 10.0 Å². The van der Waals surface area contributed by atoms with Gasteiger partial charge >= 0.3 is 0 Å². The van der Waals surface area contributed by atoms with E-state index in [1.807, 2.05) is 0 Å². The summed E-state index contributed by atoms with van der Waals surface area (Å²) in [4.78, 5) is 3.38. The highest BCUT2D eigenvalue weighted by molar-refractivity contribution is 7.89. The summed E-state index contributed by atoms with van der Waals surface area (Å²) >= 11 is 0. The largest absolute Gasteiger partial charge is 0.315 e. The lowest BCUT2D eigenvalue weighted by atomic mass is 10.3. The van der Waals surface area contributed by atoms with Crippen LogP contribution in [0.15, 0.2) is 23.4 Å². The molecule has 1 aliphatic heterocycles. The van der Waals surface area contributed by atoms with E-state index in [2.05, 4.69) is 15.0 Å². The zero-order chi connectivity index (χ0) is 11.6. The maximum atomic E-state index is 12.8. The van der Waals surface area contributed by atoms with Gasteiger partial charge < -0.3 is 5.32 Å². The minimum absolute atomic E-state index is 0. The van der Waals surface area contributed by atoms with Crippen molar-refractivity contribution in [3.63, 3.8) is 0 Å². The van der Waals surface area contributed by atoms with Gasteiger partial charge in [0.05, 0.1) is 6.20 Å². The second-order valence-corrected chi connectivity index (χ2v) is 5.36. The van der Waals surface area contributed by atoms with Crippen molar-refractivity contribution in [2.45, 2.75) is 17.4 Å². The van der Waals surface area contributed by atoms with Crippen molar-refractivity contribution in [3.8, 4) is 0 Å². The smallest absolute Gasteiger partial charge is 0.242 e. The Hall–Kier alpha value is -0.760. The summed E-state index contributed by atoms with van der Waals surface area (Å²) in [7, 11) is -3.66. The van der Waals surface area contributed by atoms with Crippen LogP contribution in [-0.2, 0) is 10.0 Å². The van der Waals surface area contributed by atoms with Crippen LogP contribution in [0.4, 0.5) is 4.39 Å². The summed E-state index contributed by atoms with van der Waals surface area (Å²) in [5.74, 6) is -0.660. The molecule has 2 heterocycles. The molecule has 2 N–H and O–H groups in total. The van der Waals surface area contributed by atoms with Gasteiger partial charge in [-0.1, -0.05) is 0 Å². The number of sulfonamides is 1. The third-order valence-corrected chi connectivity index (χ3v) is 3.86. The Labute approximate surface area is 105 Å². The van der Waals surface area contributed by atoms with E-state index < -0.39 is 15.8 Å². The molecule has 1 saturated heterocycles. The fourth-order valence-corrected chi connectivity index (χ4v) is 2.83. The Balaban J connectivity index is 0.00000144. The number of hydrogen-bond acceptors (Lipinski definition) is 4. The fraction of sp³-hybridized carbons (Fsp3) is 0.444. The van der Waals surface area contributed by atoms with E-state index in [0.717, 1.165) is 31.4 Å². The van der Waals surface area contributed by atoms with Gasteiger partial charge in [-0.2, -0.15) is 0 Å². The monoisotopic (exact) mass is 281 g/mol. The van der Waals surface area contributed by atoms with E-state index in [0.29, 0.717) is 6.54 Å². The average molecular weight is 282 g/mol. The second-order valence-electron chi connectivity index (χ2n) is 3.65. The van der Waals surface area contributed by atoms with Crippen molar-refractivity contribution < 1.29 is 12.8 Å². The lowest BCUT2D eigenvalue weighted by molar-refractivity contribution is 0.556. The number of nitrogens with zero attached hydrogens (tertiary/aromatic N) is 1. The molecular formula is C9H13ClFN3O2S. The molecule has 2 rings (SSSR count). The fourth-order valence-electron chi connectivity index (χ4n) is 1.58. The predicted octanol–water partition coefficient (Wildman–Crippen LogP) is 0.283. The lowest BCUT2D eigenvalue weighted by Gasteiger charge is -2.11. The predicted molar refractivity (Wildman–Crippen MR) is 63.0 cm³/mol. The van der Waals surface area contributed by atoms with Gasteiger partial charge in [0, 0.05) is 18.8 Å². The average Bonchev–Trinajstić information content (AvgIpc) is 2.70. The highest BCUT2D eigenvalue weighted by Crippen LogP contribution is 2.10. The van der Waals surface area contributed by atoms with Crippen molar-refractivity contribution in [1.29, 1.82) is 0 Å². The van der Waals surface area contributed by atoms with E-state index >= 15 is 0 Å². The van der Waals surface area contributed by atoms with Crippen LogP contribution in [0.1, 0.15) is 6.42 Å². The van der Waals surface area contributed by atoms with Gasteiger partial charge in [-0.3, -0.25) is 4.98 Å². The highest BCUT2D eigenvalue weighted by Gasteiger charge is 2.23. The van der Waals surface area contributed by atoms with Crippen LogP contribution < -0.4 is 10.0 Å². The number of rotatable bonds is 3. The van der Waals surface area contributed by atoms with Crippen molar-refractivity contribution >= 4 is 22.4 Å². The number of pyridine rings is 1. The number of hydrogen-bond donors (Lipinski definition) is 2. The van der Waals surface area contributed by atoms with Crippen molar-refractivity contribution in [3.05, 3.63) is 24.3 Å². The Morgan fingerprint density at radius 1 is 1.47 bits per heavy atom. The molecule has 17 heavy (non-hydrogen) atoms. The summed E-state index contributed by atoms with van der Waals surface area (Å²) in [6.45, 7) is 1.39. The van der Waals surface area contributed by atoms with Gasteiger partial charge in [0.15, 0.2) is 0 Å². The summed E-state index contributed by atoms with van der Waals surface area (Å²) in [5, 5.41) is 3.04. The number of aromatic nitrogens is 1. The summed E-state index contributed by atoms with van der Waals surface area (Å²) < 4.78 is 38.9. The van der Waals surface area contributed by atoms with Crippen LogP contribution in [0.3, 0.4) is 0 Å². The Morgan fingerprint density at radius 2 is 2.24 bits per heavy atom. The molecule has 0 aliphatic carbocycles. The maximum Gasteiger partial charge on any atom is 0.242 e. The number of halogens is 2. The van der Waals surface area contributed by atoms with E-state index in [-0.39, 0.29) is 23.3 Å². The quantitative estimate of drug-likeness (QED) is 0.835. The van der Waals surface area contributed by atoms with Crippen molar-refractivity contribution in [1.82, 2.24) is 15.0 Å². The molecule has 0 amide bonds. The summed E-state index contributed by atoms with van der Waals surface area (Å²) in [6, 6.07) is 0.825. The molecule has 0 spiro atoms. The van der Waals surface area contributed by atoms with E-state index in [4.69, 9.17) is 0 Å². The molecule has 96 valence electrons. The topological polar surface area (TPSA) is 71.1 Å². The molecule has 8 heteroatoms. The van der Waals surface area contributed by atoms with Gasteiger partial charge in [-0.25, -0.2) is 17.5 Å². The van der Waals surface area contributed by atoms with Gasteiger partial charge in [-0.15, -0.1) is 12.4 Å². The van der Waals surface area contributed by atoms with Gasteiger partial charge in [0.25, 0.3) is 0 Å². The zero-order valence-electron chi connectivity index (χ0n) is 8.89. The standard InChI is InChI=1S/C9H12FN3O2S.ClH/c10-7-3-9(6-12-4-7)16(14,15)13-8-1-2-11-5-8;/h3-4,6,8,11,13H,1-2,5H2;1H. The highest BCUT2D eigenvalue weighted by atomic mass is 35.5. The first-order chi connectivity index (χ1) is 7.58. The molecule has 0 saturated carbocycles. The Kier molecular flexibility index (Phi) is 4.81. The molecule has 5 nitrogen and oxygen atoms in total. The van der Waals surface area contributed by atoms with Crippen LogP contribution >= 0.6 is 12.4 Å². The summed E-state index contributed by atoms with van der Waals surface area (Å²) in [5.41, 5.74) is 0. The normalized spacial score (nSPS) is 19.9. The molecule has 1 unspecified atom stereocenters. The summed E-state index contributed by atoms with van der Waals surface area (Å²) in [6.07, 6.45) is 2.84. The van der Waals surface area contributed by atoms with Crippen LogP contribution in [0.5, 0.6) is 0 Å². The molecular weight excluding hydrogens is 269 g/mol. The first kappa shape index (κ1) is 14.3. The van der Waals surface area contributed by atoms with E-state index in [9.17, 15) is 12.8 Å². The van der Waals surface area contributed by atoms with Crippen molar-refractivity contribution in [2.75, 3.05) is 13.1 Å². The molecule has 1 atom stereocenters. The molecule has 1 aromatic heterocycles. The zero-order valence-corrected chi connectivity index (χ0v) is 10.5. The Bertz CT molecular complexity index is 477. The van der Waals surface area contributed by atoms with Crippen LogP contribution in [0, 0.1) is 5.82 Å². The third kappa shape index (κ3) is 3.60. The molecule has 0 aromatic carbocycles. The molecule has 0 radical (unpaired) electrons. The first-order valence-corrected chi connectivity index (χ1v) is 6.40. The number of nitrogens with one attached hydrogen (secondary N) is 2. The van der Waals surface area contributed by atoms with E-state index in [1.165, 1.54) is 0 Å². The SMILES string of the molecule is Cl.O=S(=O)(NC1CCNC1)c1cncc(F)c1. The molecule has 1 fully saturated rings. The Morgan fingerprint density at radius 3 is 2.82 bits per heavy atom. The van der Waals surface area contributed by atoms with Crippen LogP contribution in [0.2, 0.25) is 0 Å². The van der Waals surface area contributed by atoms with Crippen molar-refractivity contribution in [2.24, 2.45) is 0 Å². The molecule has 1 aromatic rings. The van der Waals surface area contributed by atoms with Gasteiger partial charge in [0.1, 0.15) is 10.7 Å². The molecule has 0 bridgehead atoms. The maximum absolute atomic E-state index is 12.8. The minimum Gasteiger partial charge on any atom is -0.315 e. The van der Waals surface area contributed by atoms with Crippen LogP contribution in [0.25, 0.3) is 0 Å². The third-order valence-electron chi connectivity index (χ3n) is 2.37.